The van der Waals surface area contributed by atoms with Gasteiger partial charge in [0.1, 0.15) is 5.82 Å². The number of benzene rings is 1. The maximum absolute atomic E-state index is 12.7. The number of rotatable bonds is 3. The van der Waals surface area contributed by atoms with Gasteiger partial charge < -0.3 is 11.1 Å². The third-order valence-corrected chi connectivity index (χ3v) is 1.55. The summed E-state index contributed by atoms with van der Waals surface area (Å²) in [6, 6.07) is 3.92. The van der Waals surface area contributed by atoms with Crippen molar-refractivity contribution in [3.05, 3.63) is 29.0 Å². The minimum atomic E-state index is -0.514. The van der Waals surface area contributed by atoms with Crippen LogP contribution in [0.1, 0.15) is 0 Å². The summed E-state index contributed by atoms with van der Waals surface area (Å²) in [5, 5.41) is 2.90. The van der Waals surface area contributed by atoms with Gasteiger partial charge in [-0.1, -0.05) is 11.6 Å². The summed E-state index contributed by atoms with van der Waals surface area (Å²) in [7, 11) is 0. The van der Waals surface area contributed by atoms with Crippen LogP contribution >= 0.6 is 11.6 Å². The Hall–Kier alpha value is -1.29. The molecule has 0 unspecified atom stereocenters. The summed E-state index contributed by atoms with van der Waals surface area (Å²) in [6.45, 7) is -0.0419. The zero-order valence-corrected chi connectivity index (χ0v) is 7.44. The van der Waals surface area contributed by atoms with E-state index in [1.165, 1.54) is 18.2 Å². The minimum absolute atomic E-state index is 0.0419. The lowest BCUT2D eigenvalue weighted by molar-refractivity contribution is -0.116. The van der Waals surface area contributed by atoms with Crippen molar-refractivity contribution in [2.45, 2.75) is 0 Å². The largest absolute Gasteiger partial charge is 0.376 e. The smallest absolute Gasteiger partial charge is 0.236 e. The Morgan fingerprint density at radius 3 is 2.77 bits per heavy atom. The van der Waals surface area contributed by atoms with Crippen LogP contribution in [0.5, 0.6) is 0 Å². The van der Waals surface area contributed by atoms with E-state index in [0.717, 1.165) is 0 Å². The normalized spacial score (nSPS) is 9.69. The number of carbonyl (C=O) groups excluding carboxylic acids is 1. The van der Waals surface area contributed by atoms with Crippen LogP contribution in [0.15, 0.2) is 18.2 Å². The van der Waals surface area contributed by atoms with Gasteiger partial charge in [0.05, 0.1) is 6.54 Å². The van der Waals surface area contributed by atoms with Gasteiger partial charge in [-0.2, -0.15) is 0 Å². The topological polar surface area (TPSA) is 55.1 Å². The zero-order chi connectivity index (χ0) is 9.84. The third-order valence-electron chi connectivity index (χ3n) is 1.33. The molecule has 3 N–H and O–H groups in total. The quantitative estimate of drug-likeness (QED) is 0.778. The van der Waals surface area contributed by atoms with Gasteiger partial charge in [0, 0.05) is 10.7 Å². The average Bonchev–Trinajstić information content (AvgIpc) is 1.99. The number of primary amides is 1. The van der Waals surface area contributed by atoms with E-state index >= 15 is 0 Å². The molecule has 0 heterocycles. The highest BCUT2D eigenvalue weighted by Gasteiger charge is 1.99. The number of amides is 1. The Morgan fingerprint density at radius 2 is 2.23 bits per heavy atom. The number of nitrogens with two attached hydrogens (primary N) is 1. The van der Waals surface area contributed by atoms with Crippen LogP contribution in [0, 0.1) is 5.82 Å². The Balaban J connectivity index is 2.71. The van der Waals surface area contributed by atoms with Gasteiger partial charge >= 0.3 is 0 Å². The van der Waals surface area contributed by atoms with E-state index in [0.29, 0.717) is 5.69 Å². The molecular formula is C8H8ClFN2O. The summed E-state index contributed by atoms with van der Waals surface area (Å²) in [6.07, 6.45) is 0. The van der Waals surface area contributed by atoms with E-state index in [1.807, 2.05) is 0 Å². The number of anilines is 1. The molecule has 1 aromatic carbocycles. The Bertz CT molecular complexity index is 310. The molecule has 0 aliphatic carbocycles. The second-order valence-corrected chi connectivity index (χ2v) is 2.91. The Labute approximate surface area is 79.7 Å². The molecule has 0 saturated carbocycles. The highest BCUT2D eigenvalue weighted by atomic mass is 35.5. The van der Waals surface area contributed by atoms with E-state index in [1.54, 1.807) is 0 Å². The molecule has 0 spiro atoms. The number of hydrogen-bond acceptors (Lipinski definition) is 2. The highest BCUT2D eigenvalue weighted by Crippen LogP contribution is 2.17. The van der Waals surface area contributed by atoms with E-state index in [4.69, 9.17) is 17.3 Å². The molecule has 1 aromatic rings. The first kappa shape index (κ1) is 9.80. The number of carbonyl (C=O) groups is 1. The van der Waals surface area contributed by atoms with E-state index in [9.17, 15) is 9.18 Å². The van der Waals surface area contributed by atoms with Crippen LogP contribution < -0.4 is 11.1 Å². The van der Waals surface area contributed by atoms with Crippen molar-refractivity contribution in [1.29, 1.82) is 0 Å². The van der Waals surface area contributed by atoms with Crippen molar-refractivity contribution >= 4 is 23.2 Å². The predicted molar refractivity (Wildman–Crippen MR) is 49.1 cm³/mol. The molecule has 5 heteroatoms. The molecule has 0 aliphatic rings. The SMILES string of the molecule is NC(=O)CNc1cc(F)cc(Cl)c1. The summed E-state index contributed by atoms with van der Waals surface area (Å²) in [5.41, 5.74) is 5.32. The summed E-state index contributed by atoms with van der Waals surface area (Å²) in [5.74, 6) is -0.972. The molecule has 0 radical (unpaired) electrons. The molecule has 13 heavy (non-hydrogen) atoms. The molecule has 0 saturated heterocycles. The maximum Gasteiger partial charge on any atom is 0.236 e. The molecule has 1 amide bonds. The Morgan fingerprint density at radius 1 is 1.54 bits per heavy atom. The lowest BCUT2D eigenvalue weighted by Crippen LogP contribution is -2.21. The molecule has 1 rings (SSSR count). The molecule has 70 valence electrons. The van der Waals surface area contributed by atoms with Gasteiger partial charge in [0.2, 0.25) is 5.91 Å². The van der Waals surface area contributed by atoms with Gasteiger partial charge in [-0.3, -0.25) is 4.79 Å². The molecule has 0 aliphatic heterocycles. The highest BCUT2D eigenvalue weighted by molar-refractivity contribution is 6.30. The maximum atomic E-state index is 12.7. The molecule has 0 atom stereocenters. The number of nitrogens with one attached hydrogen (secondary N) is 1. The standard InChI is InChI=1S/C8H8ClFN2O/c9-5-1-6(10)3-7(2-5)12-4-8(11)13/h1-3,12H,4H2,(H2,11,13). The molecular weight excluding hydrogens is 195 g/mol. The average molecular weight is 203 g/mol. The van der Waals surface area contributed by atoms with Crippen LogP contribution in [0.4, 0.5) is 10.1 Å². The Kier molecular flexibility index (Phi) is 3.08. The first-order valence-corrected chi connectivity index (χ1v) is 3.94. The lowest BCUT2D eigenvalue weighted by atomic mass is 10.3. The first-order chi connectivity index (χ1) is 6.08. The van der Waals surface area contributed by atoms with Gasteiger partial charge in [-0.25, -0.2) is 4.39 Å². The fourth-order valence-corrected chi connectivity index (χ4v) is 1.07. The fraction of sp³-hybridized carbons (Fsp3) is 0.125. The second-order valence-electron chi connectivity index (χ2n) is 2.48. The van der Waals surface area contributed by atoms with Crippen molar-refractivity contribution in [2.75, 3.05) is 11.9 Å². The summed E-state index contributed by atoms with van der Waals surface area (Å²) in [4.78, 5) is 10.4. The van der Waals surface area contributed by atoms with E-state index in [2.05, 4.69) is 5.32 Å². The van der Waals surface area contributed by atoms with Gasteiger partial charge in [-0.05, 0) is 18.2 Å². The zero-order valence-electron chi connectivity index (χ0n) is 6.68. The van der Waals surface area contributed by atoms with Crippen molar-refractivity contribution in [1.82, 2.24) is 0 Å². The van der Waals surface area contributed by atoms with Crippen LogP contribution in [0.25, 0.3) is 0 Å². The van der Waals surface area contributed by atoms with Crippen molar-refractivity contribution in [3.8, 4) is 0 Å². The molecule has 0 fully saturated rings. The van der Waals surface area contributed by atoms with Gasteiger partial charge in [-0.15, -0.1) is 0 Å². The van der Waals surface area contributed by atoms with Crippen LogP contribution in [0.3, 0.4) is 0 Å². The molecule has 3 nitrogen and oxygen atoms in total. The van der Waals surface area contributed by atoms with Gasteiger partial charge in [0.25, 0.3) is 0 Å². The summed E-state index contributed by atoms with van der Waals surface area (Å²) < 4.78 is 12.7. The number of hydrogen-bond donors (Lipinski definition) is 2. The molecule has 0 aromatic heterocycles. The third kappa shape index (κ3) is 3.29. The fourth-order valence-electron chi connectivity index (χ4n) is 0.845. The van der Waals surface area contributed by atoms with E-state index < -0.39 is 11.7 Å². The van der Waals surface area contributed by atoms with Gasteiger partial charge in [0.15, 0.2) is 0 Å². The summed E-state index contributed by atoms with van der Waals surface area (Å²) >= 11 is 5.57. The van der Waals surface area contributed by atoms with Crippen molar-refractivity contribution < 1.29 is 9.18 Å². The lowest BCUT2D eigenvalue weighted by Gasteiger charge is -2.03. The number of halogens is 2. The second kappa shape index (κ2) is 4.09. The van der Waals surface area contributed by atoms with Crippen molar-refractivity contribution in [2.24, 2.45) is 5.73 Å². The van der Waals surface area contributed by atoms with Crippen LogP contribution in [-0.2, 0) is 4.79 Å². The first-order valence-electron chi connectivity index (χ1n) is 3.56. The van der Waals surface area contributed by atoms with E-state index in [-0.39, 0.29) is 11.6 Å². The van der Waals surface area contributed by atoms with Crippen molar-refractivity contribution in [3.63, 3.8) is 0 Å². The monoisotopic (exact) mass is 202 g/mol. The molecule has 0 bridgehead atoms. The predicted octanol–water partition coefficient (Wildman–Crippen LogP) is 1.38. The van der Waals surface area contributed by atoms with Crippen LogP contribution in [0.2, 0.25) is 5.02 Å². The minimum Gasteiger partial charge on any atom is -0.376 e. The van der Waals surface area contributed by atoms with Crippen LogP contribution in [-0.4, -0.2) is 12.5 Å².